The molecule has 0 fully saturated rings. The van der Waals surface area contributed by atoms with Crippen molar-refractivity contribution < 1.29 is 9.53 Å². The van der Waals surface area contributed by atoms with Crippen LogP contribution in [0.3, 0.4) is 0 Å². The maximum absolute atomic E-state index is 11.7. The van der Waals surface area contributed by atoms with Crippen LogP contribution in [0.5, 0.6) is 0 Å². The van der Waals surface area contributed by atoms with Crippen LogP contribution in [0.15, 0.2) is 60.0 Å². The first kappa shape index (κ1) is 18.1. The second kappa shape index (κ2) is 9.15. The highest BCUT2D eigenvalue weighted by atomic mass is 32.1. The van der Waals surface area contributed by atoms with E-state index in [0.29, 0.717) is 13.2 Å². The van der Waals surface area contributed by atoms with Crippen molar-refractivity contribution in [1.82, 2.24) is 10.3 Å². The van der Waals surface area contributed by atoms with E-state index in [0.717, 1.165) is 40.2 Å². The molecule has 0 unspecified atom stereocenters. The summed E-state index contributed by atoms with van der Waals surface area (Å²) in [4.78, 5) is 16.4. The van der Waals surface area contributed by atoms with E-state index in [9.17, 15) is 4.79 Å². The van der Waals surface area contributed by atoms with Gasteiger partial charge in [-0.1, -0.05) is 61.9 Å². The zero-order chi connectivity index (χ0) is 18.2. The normalized spacial score (nSPS) is 10.5. The Morgan fingerprint density at radius 3 is 2.73 bits per heavy atom. The van der Waals surface area contributed by atoms with E-state index in [-0.39, 0.29) is 6.09 Å². The van der Waals surface area contributed by atoms with Gasteiger partial charge in [-0.25, -0.2) is 9.78 Å². The summed E-state index contributed by atoms with van der Waals surface area (Å²) < 4.78 is 5.11. The van der Waals surface area contributed by atoms with Gasteiger partial charge in [0.15, 0.2) is 0 Å². The number of nitrogens with one attached hydrogen (secondary N) is 1. The number of thiazole rings is 1. The maximum atomic E-state index is 11.7. The molecule has 0 saturated heterocycles. The molecule has 0 radical (unpaired) electrons. The Labute approximate surface area is 157 Å². The van der Waals surface area contributed by atoms with Crippen LogP contribution in [0.2, 0.25) is 0 Å². The number of hydrogen-bond acceptors (Lipinski definition) is 4. The van der Waals surface area contributed by atoms with E-state index in [4.69, 9.17) is 9.72 Å². The SMILES string of the molecule is CCCCOC(=O)NCc1cccc(-c2nc(-c3ccccc3)cs2)c1. The van der Waals surface area contributed by atoms with Crippen molar-refractivity contribution in [1.29, 1.82) is 0 Å². The number of nitrogens with zero attached hydrogens (tertiary/aromatic N) is 1. The Kier molecular flexibility index (Phi) is 6.39. The lowest BCUT2D eigenvalue weighted by Gasteiger charge is -2.07. The summed E-state index contributed by atoms with van der Waals surface area (Å²) in [5.41, 5.74) is 4.17. The molecule has 3 aromatic rings. The minimum absolute atomic E-state index is 0.371. The van der Waals surface area contributed by atoms with E-state index < -0.39 is 0 Å². The third-order valence-electron chi connectivity index (χ3n) is 3.92. The van der Waals surface area contributed by atoms with Crippen LogP contribution in [0.25, 0.3) is 21.8 Å². The average molecular weight is 366 g/mol. The smallest absolute Gasteiger partial charge is 0.407 e. The Morgan fingerprint density at radius 2 is 1.92 bits per heavy atom. The first-order valence-electron chi connectivity index (χ1n) is 8.77. The molecule has 134 valence electrons. The summed E-state index contributed by atoms with van der Waals surface area (Å²) in [7, 11) is 0. The largest absolute Gasteiger partial charge is 0.450 e. The number of rotatable bonds is 7. The van der Waals surface area contributed by atoms with Gasteiger partial charge in [-0.2, -0.15) is 0 Å². The third kappa shape index (κ3) is 4.92. The van der Waals surface area contributed by atoms with Crippen molar-refractivity contribution in [3.05, 3.63) is 65.5 Å². The van der Waals surface area contributed by atoms with Gasteiger partial charge in [-0.3, -0.25) is 0 Å². The van der Waals surface area contributed by atoms with Crippen LogP contribution in [-0.2, 0) is 11.3 Å². The average Bonchev–Trinajstić information content (AvgIpc) is 3.18. The monoisotopic (exact) mass is 366 g/mol. The quantitative estimate of drug-likeness (QED) is 0.561. The number of carbonyl (C=O) groups excluding carboxylic acids is 1. The highest BCUT2D eigenvalue weighted by Gasteiger charge is 2.08. The van der Waals surface area contributed by atoms with Crippen molar-refractivity contribution in [2.24, 2.45) is 0 Å². The van der Waals surface area contributed by atoms with E-state index in [2.05, 4.69) is 35.8 Å². The molecule has 5 heteroatoms. The highest BCUT2D eigenvalue weighted by Crippen LogP contribution is 2.29. The molecule has 0 aliphatic carbocycles. The standard InChI is InChI=1S/C21H22N2O2S/c1-2-3-12-25-21(24)22-14-16-8-7-11-18(13-16)20-23-19(15-26-20)17-9-5-4-6-10-17/h4-11,13,15H,2-3,12,14H2,1H3,(H,22,24). The fourth-order valence-electron chi connectivity index (χ4n) is 2.50. The second-order valence-electron chi connectivity index (χ2n) is 5.95. The van der Waals surface area contributed by atoms with Gasteiger partial charge in [-0.05, 0) is 18.1 Å². The molecule has 26 heavy (non-hydrogen) atoms. The second-order valence-corrected chi connectivity index (χ2v) is 6.81. The molecule has 3 rings (SSSR count). The lowest BCUT2D eigenvalue weighted by molar-refractivity contribution is 0.144. The van der Waals surface area contributed by atoms with Crippen molar-refractivity contribution in [2.45, 2.75) is 26.3 Å². The molecule has 4 nitrogen and oxygen atoms in total. The maximum Gasteiger partial charge on any atom is 0.407 e. The van der Waals surface area contributed by atoms with Crippen LogP contribution in [-0.4, -0.2) is 17.7 Å². The van der Waals surface area contributed by atoms with Crippen LogP contribution in [0, 0.1) is 0 Å². The molecule has 1 aromatic heterocycles. The first-order valence-corrected chi connectivity index (χ1v) is 9.65. The first-order chi connectivity index (χ1) is 12.8. The summed E-state index contributed by atoms with van der Waals surface area (Å²) in [6.45, 7) is 2.97. The molecule has 0 aliphatic rings. The minimum Gasteiger partial charge on any atom is -0.450 e. The van der Waals surface area contributed by atoms with Crippen LogP contribution < -0.4 is 5.32 Å². The number of ether oxygens (including phenoxy) is 1. The Balaban J connectivity index is 1.64. The topological polar surface area (TPSA) is 51.2 Å². The van der Waals surface area contributed by atoms with Crippen LogP contribution >= 0.6 is 11.3 Å². The van der Waals surface area contributed by atoms with Gasteiger partial charge in [-0.15, -0.1) is 11.3 Å². The number of aromatic nitrogens is 1. The molecule has 2 aromatic carbocycles. The van der Waals surface area contributed by atoms with Gasteiger partial charge in [0.1, 0.15) is 5.01 Å². The van der Waals surface area contributed by atoms with Crippen molar-refractivity contribution in [2.75, 3.05) is 6.61 Å². The molecule has 0 atom stereocenters. The van der Waals surface area contributed by atoms with Crippen LogP contribution in [0.4, 0.5) is 4.79 Å². The van der Waals surface area contributed by atoms with Gasteiger partial charge in [0.05, 0.1) is 12.3 Å². The number of amides is 1. The Hall–Kier alpha value is -2.66. The van der Waals surface area contributed by atoms with E-state index in [1.165, 1.54) is 0 Å². The lowest BCUT2D eigenvalue weighted by Crippen LogP contribution is -2.24. The highest BCUT2D eigenvalue weighted by molar-refractivity contribution is 7.13. The number of carbonyl (C=O) groups is 1. The molecule has 0 saturated carbocycles. The summed E-state index contributed by atoms with van der Waals surface area (Å²) >= 11 is 1.62. The van der Waals surface area contributed by atoms with Gasteiger partial charge in [0.2, 0.25) is 0 Å². The van der Waals surface area contributed by atoms with Gasteiger partial charge >= 0.3 is 6.09 Å². The zero-order valence-corrected chi connectivity index (χ0v) is 15.6. The lowest BCUT2D eigenvalue weighted by atomic mass is 10.1. The van der Waals surface area contributed by atoms with Gasteiger partial charge < -0.3 is 10.1 Å². The van der Waals surface area contributed by atoms with E-state index in [1.807, 2.05) is 36.4 Å². The van der Waals surface area contributed by atoms with E-state index in [1.54, 1.807) is 11.3 Å². The molecule has 1 heterocycles. The summed E-state index contributed by atoms with van der Waals surface area (Å²) in [6, 6.07) is 18.2. The minimum atomic E-state index is -0.371. The fourth-order valence-corrected chi connectivity index (χ4v) is 3.32. The molecule has 1 amide bonds. The Bertz CT molecular complexity index is 846. The fraction of sp³-hybridized carbons (Fsp3) is 0.238. The van der Waals surface area contributed by atoms with Crippen molar-refractivity contribution in [3.8, 4) is 21.8 Å². The number of alkyl carbamates (subject to hydrolysis) is 1. The predicted molar refractivity (Wildman–Crippen MR) is 106 cm³/mol. The summed E-state index contributed by atoms with van der Waals surface area (Å²) in [5.74, 6) is 0. The molecular formula is C21H22N2O2S. The molecule has 0 aliphatic heterocycles. The van der Waals surface area contributed by atoms with Crippen molar-refractivity contribution in [3.63, 3.8) is 0 Å². The Morgan fingerprint density at radius 1 is 1.12 bits per heavy atom. The van der Waals surface area contributed by atoms with E-state index >= 15 is 0 Å². The van der Waals surface area contributed by atoms with Crippen molar-refractivity contribution >= 4 is 17.4 Å². The van der Waals surface area contributed by atoms with Gasteiger partial charge in [0.25, 0.3) is 0 Å². The number of unbranched alkanes of at least 4 members (excludes halogenated alkanes) is 1. The molecular weight excluding hydrogens is 344 g/mol. The number of benzene rings is 2. The summed E-state index contributed by atoms with van der Waals surface area (Å²) in [6.07, 6.45) is 1.52. The predicted octanol–water partition coefficient (Wildman–Crippen LogP) is 5.50. The zero-order valence-electron chi connectivity index (χ0n) is 14.8. The van der Waals surface area contributed by atoms with Crippen LogP contribution in [0.1, 0.15) is 25.3 Å². The molecule has 0 bridgehead atoms. The number of hydrogen-bond donors (Lipinski definition) is 1. The molecule has 1 N–H and O–H groups in total. The third-order valence-corrected chi connectivity index (χ3v) is 4.81. The summed E-state index contributed by atoms with van der Waals surface area (Å²) in [5, 5.41) is 5.83. The molecule has 0 spiro atoms. The van der Waals surface area contributed by atoms with Gasteiger partial charge in [0, 0.05) is 23.1 Å².